The number of halogens is 2. The molecule has 0 saturated heterocycles. The van der Waals surface area contributed by atoms with E-state index in [1.54, 1.807) is 42.5 Å². The summed E-state index contributed by atoms with van der Waals surface area (Å²) in [6.45, 7) is 0.716. The van der Waals surface area contributed by atoms with Crippen molar-refractivity contribution >= 4 is 42.9 Å². The molecule has 0 atom stereocenters. The second kappa shape index (κ2) is 7.25. The zero-order chi connectivity index (χ0) is 17.2. The number of hydrogen-bond donors (Lipinski definition) is 0. The zero-order valence-corrected chi connectivity index (χ0v) is 15.7. The van der Waals surface area contributed by atoms with E-state index in [1.165, 1.54) is 22.1 Å². The number of hydrogen-bond acceptors (Lipinski definition) is 4. The monoisotopic (exact) mass is 428 g/mol. The molecule has 4 nitrogen and oxygen atoms in total. The lowest BCUT2D eigenvalue weighted by Crippen LogP contribution is -2.32. The van der Waals surface area contributed by atoms with E-state index in [2.05, 4.69) is 20.9 Å². The maximum absolute atomic E-state index is 13.7. The molecule has 0 aliphatic carbocycles. The van der Waals surface area contributed by atoms with E-state index in [4.69, 9.17) is 0 Å². The molecule has 1 aliphatic rings. The smallest absolute Gasteiger partial charge is 0.260 e. The lowest BCUT2D eigenvalue weighted by molar-refractivity contribution is 0.540. The molecular weight excluding hydrogens is 415 g/mol. The van der Waals surface area contributed by atoms with Crippen molar-refractivity contribution in [3.63, 3.8) is 0 Å². The van der Waals surface area contributed by atoms with Crippen LogP contribution in [0.1, 0.15) is 5.56 Å². The Labute approximate surface area is 153 Å². The van der Waals surface area contributed by atoms with Crippen LogP contribution in [-0.4, -0.2) is 31.0 Å². The van der Waals surface area contributed by atoms with Gasteiger partial charge in [-0.15, -0.1) is 0 Å². The van der Waals surface area contributed by atoms with Gasteiger partial charge in [-0.1, -0.05) is 45.9 Å². The fourth-order valence-corrected chi connectivity index (χ4v) is 5.22. The largest absolute Gasteiger partial charge is 0.265 e. The van der Waals surface area contributed by atoms with Crippen LogP contribution in [0.25, 0.3) is 0 Å². The van der Waals surface area contributed by atoms with Crippen molar-refractivity contribution in [2.75, 3.05) is 13.1 Å². The van der Waals surface area contributed by atoms with Gasteiger partial charge in [0.2, 0.25) is 0 Å². The quantitative estimate of drug-likeness (QED) is 0.741. The number of nitrogens with zero attached hydrogens (tertiary/aromatic N) is 2. The fraction of sp³-hybridized carbons (Fsp3) is 0.188. The Morgan fingerprint density at radius 2 is 1.88 bits per heavy atom. The van der Waals surface area contributed by atoms with Gasteiger partial charge in [-0.25, -0.2) is 17.1 Å². The molecule has 0 fully saturated rings. The summed E-state index contributed by atoms with van der Waals surface area (Å²) in [6.07, 6.45) is 0. The van der Waals surface area contributed by atoms with Crippen molar-refractivity contribution in [3.8, 4) is 0 Å². The summed E-state index contributed by atoms with van der Waals surface area (Å²) in [6, 6.07) is 12.9. The lowest BCUT2D eigenvalue weighted by Gasteiger charge is -2.20. The second-order valence-corrected chi connectivity index (χ2v) is 8.80. The van der Waals surface area contributed by atoms with Crippen LogP contribution < -0.4 is 0 Å². The van der Waals surface area contributed by atoms with Crippen molar-refractivity contribution in [3.05, 3.63) is 64.4 Å². The predicted octanol–water partition coefficient (Wildman–Crippen LogP) is 3.88. The summed E-state index contributed by atoms with van der Waals surface area (Å²) in [7, 11) is -3.65. The van der Waals surface area contributed by atoms with Gasteiger partial charge in [0.1, 0.15) is 5.82 Å². The number of aliphatic imine (C=N–C) groups is 1. The molecule has 1 aliphatic heterocycles. The first-order valence-corrected chi connectivity index (χ1v) is 10.4. The normalized spacial score (nSPS) is 14.8. The lowest BCUT2D eigenvalue weighted by atomic mass is 10.2. The maximum atomic E-state index is 13.7. The van der Waals surface area contributed by atoms with E-state index in [0.717, 1.165) is 4.47 Å². The van der Waals surface area contributed by atoms with E-state index in [1.807, 2.05) is 0 Å². The molecular formula is C16H14BrFN2O2S2. The highest BCUT2D eigenvalue weighted by molar-refractivity contribution is 9.10. The Hall–Kier alpha value is -1.38. The molecule has 126 valence electrons. The van der Waals surface area contributed by atoms with Gasteiger partial charge in [0.25, 0.3) is 10.0 Å². The number of rotatable bonds is 4. The fourth-order valence-electron chi connectivity index (χ4n) is 2.24. The van der Waals surface area contributed by atoms with Crippen LogP contribution in [-0.2, 0) is 15.8 Å². The molecule has 0 radical (unpaired) electrons. The first kappa shape index (κ1) is 17.4. The summed E-state index contributed by atoms with van der Waals surface area (Å²) in [5.74, 6) is 0.0311. The molecule has 0 bridgehead atoms. The summed E-state index contributed by atoms with van der Waals surface area (Å²) in [5.41, 5.74) is 0.526. The number of benzene rings is 2. The topological polar surface area (TPSA) is 49.7 Å². The molecule has 8 heteroatoms. The van der Waals surface area contributed by atoms with Gasteiger partial charge < -0.3 is 0 Å². The maximum Gasteiger partial charge on any atom is 0.265 e. The van der Waals surface area contributed by atoms with Gasteiger partial charge in [-0.2, -0.15) is 0 Å². The van der Waals surface area contributed by atoms with Crippen LogP contribution in [0, 0.1) is 5.82 Å². The van der Waals surface area contributed by atoms with E-state index in [-0.39, 0.29) is 10.7 Å². The molecule has 24 heavy (non-hydrogen) atoms. The van der Waals surface area contributed by atoms with Crippen molar-refractivity contribution < 1.29 is 12.8 Å². The van der Waals surface area contributed by atoms with Gasteiger partial charge >= 0.3 is 0 Å². The highest BCUT2D eigenvalue weighted by atomic mass is 79.9. The third-order valence-electron chi connectivity index (χ3n) is 3.48. The Bertz CT molecular complexity index is 870. The van der Waals surface area contributed by atoms with Gasteiger partial charge in [0, 0.05) is 10.2 Å². The predicted molar refractivity (Wildman–Crippen MR) is 98.0 cm³/mol. The third-order valence-corrected chi connectivity index (χ3v) is 6.99. The highest BCUT2D eigenvalue weighted by Gasteiger charge is 2.30. The van der Waals surface area contributed by atoms with Crippen LogP contribution >= 0.6 is 27.7 Å². The van der Waals surface area contributed by atoms with Gasteiger partial charge in [-0.3, -0.25) is 4.99 Å². The van der Waals surface area contributed by atoms with E-state index in [0.29, 0.717) is 29.6 Å². The summed E-state index contributed by atoms with van der Waals surface area (Å²) in [5, 5.41) is 0.404. The van der Waals surface area contributed by atoms with Crippen LogP contribution in [0.5, 0.6) is 0 Å². The number of amidine groups is 1. The van der Waals surface area contributed by atoms with Gasteiger partial charge in [-0.05, 0) is 35.9 Å². The molecule has 0 unspecified atom stereocenters. The average molecular weight is 429 g/mol. The van der Waals surface area contributed by atoms with Crippen molar-refractivity contribution in [2.24, 2.45) is 4.99 Å². The Morgan fingerprint density at radius 1 is 1.17 bits per heavy atom. The van der Waals surface area contributed by atoms with Crippen LogP contribution in [0.3, 0.4) is 0 Å². The van der Waals surface area contributed by atoms with Crippen LogP contribution in [0.15, 0.2) is 62.9 Å². The van der Waals surface area contributed by atoms with E-state index >= 15 is 0 Å². The summed E-state index contributed by atoms with van der Waals surface area (Å²) in [4.78, 5) is 4.48. The number of thioether (sulfide) groups is 1. The van der Waals surface area contributed by atoms with Gasteiger partial charge in [0.15, 0.2) is 5.17 Å². The van der Waals surface area contributed by atoms with E-state index < -0.39 is 10.0 Å². The molecule has 0 spiro atoms. The third kappa shape index (κ3) is 3.65. The first-order valence-electron chi connectivity index (χ1n) is 7.17. The highest BCUT2D eigenvalue weighted by Crippen LogP contribution is 2.27. The standard InChI is InChI=1S/C16H14BrFN2O2S2/c17-13-5-7-14(8-6-13)24(21,22)20-10-9-19-16(20)23-11-12-3-1-2-4-15(12)18/h1-8H,9-11H2. The minimum Gasteiger partial charge on any atom is -0.260 e. The van der Waals surface area contributed by atoms with Crippen molar-refractivity contribution in [1.29, 1.82) is 0 Å². The molecule has 2 aromatic carbocycles. The molecule has 0 saturated carbocycles. The Kier molecular flexibility index (Phi) is 5.27. The minimum atomic E-state index is -3.65. The van der Waals surface area contributed by atoms with Gasteiger partial charge in [0.05, 0.1) is 18.0 Å². The average Bonchev–Trinajstić information content (AvgIpc) is 3.04. The Morgan fingerprint density at radius 3 is 2.58 bits per heavy atom. The first-order chi connectivity index (χ1) is 11.5. The van der Waals surface area contributed by atoms with Crippen LogP contribution in [0.2, 0.25) is 0 Å². The second-order valence-electron chi connectivity index (χ2n) is 5.08. The molecule has 3 rings (SSSR count). The summed E-state index contributed by atoms with van der Waals surface area (Å²) < 4.78 is 41.4. The van der Waals surface area contributed by atoms with Crippen molar-refractivity contribution in [1.82, 2.24) is 4.31 Å². The van der Waals surface area contributed by atoms with Crippen LogP contribution in [0.4, 0.5) is 4.39 Å². The summed E-state index contributed by atoms with van der Waals surface area (Å²) >= 11 is 4.52. The molecule has 0 aromatic heterocycles. The Balaban J connectivity index is 1.78. The SMILES string of the molecule is O=S(=O)(c1ccc(Br)cc1)N1CCN=C1SCc1ccccc1F. The molecule has 0 N–H and O–H groups in total. The minimum absolute atomic E-state index is 0.215. The molecule has 2 aromatic rings. The molecule has 0 amide bonds. The molecule has 1 heterocycles. The van der Waals surface area contributed by atoms with Crippen molar-refractivity contribution in [2.45, 2.75) is 10.6 Å². The van der Waals surface area contributed by atoms with E-state index in [9.17, 15) is 12.8 Å². The zero-order valence-electron chi connectivity index (χ0n) is 12.5. The number of sulfonamides is 1.